The molecule has 1 aromatic heterocycles. The van der Waals surface area contributed by atoms with Gasteiger partial charge >= 0.3 is 0 Å². The fraction of sp³-hybridized carbons (Fsp3) is 0.400. The molecule has 0 amide bonds. The fourth-order valence-electron chi connectivity index (χ4n) is 3.80. The van der Waals surface area contributed by atoms with Gasteiger partial charge in [-0.25, -0.2) is 14.7 Å². The molecule has 1 unspecified atom stereocenters. The molecule has 174 valence electrons. The lowest BCUT2D eigenvalue weighted by Crippen LogP contribution is -2.47. The summed E-state index contributed by atoms with van der Waals surface area (Å²) >= 11 is 0. The molecule has 0 spiro atoms. The Bertz CT molecular complexity index is 1080. The second-order valence-corrected chi connectivity index (χ2v) is 7.95. The summed E-state index contributed by atoms with van der Waals surface area (Å²) < 4.78 is 13.3. The van der Waals surface area contributed by atoms with Gasteiger partial charge < -0.3 is 20.1 Å². The van der Waals surface area contributed by atoms with Crippen LogP contribution in [-0.4, -0.2) is 40.4 Å². The van der Waals surface area contributed by atoms with E-state index in [0.29, 0.717) is 18.0 Å². The van der Waals surface area contributed by atoms with Crippen molar-refractivity contribution in [2.45, 2.75) is 52.2 Å². The second kappa shape index (κ2) is 10.8. The molecule has 8 heteroatoms. The van der Waals surface area contributed by atoms with Gasteiger partial charge in [-0.15, -0.1) is 0 Å². The summed E-state index contributed by atoms with van der Waals surface area (Å²) in [5.41, 5.74) is 1.11. The van der Waals surface area contributed by atoms with Crippen molar-refractivity contribution in [3.8, 4) is 17.2 Å². The molecule has 0 fully saturated rings. The number of nitrogens with zero attached hydrogens (tertiary/aromatic N) is 4. The lowest BCUT2D eigenvalue weighted by atomic mass is 10.1. The smallest absolute Gasteiger partial charge is 0.191 e. The molecule has 1 aliphatic heterocycles. The van der Waals surface area contributed by atoms with Gasteiger partial charge in [-0.05, 0) is 43.2 Å². The van der Waals surface area contributed by atoms with Crippen molar-refractivity contribution in [3.63, 3.8) is 0 Å². The van der Waals surface area contributed by atoms with Crippen LogP contribution in [0.2, 0.25) is 0 Å². The third kappa shape index (κ3) is 5.83. The van der Waals surface area contributed by atoms with Crippen LogP contribution in [0.15, 0.2) is 53.5 Å². The average Bonchev–Trinajstić information content (AvgIpc) is 3.26. The van der Waals surface area contributed by atoms with E-state index in [1.54, 1.807) is 7.11 Å². The lowest BCUT2D eigenvalue weighted by Gasteiger charge is -2.25. The lowest BCUT2D eigenvalue weighted by molar-refractivity contribution is 0.379. The number of rotatable bonds is 8. The summed E-state index contributed by atoms with van der Waals surface area (Å²) in [6.07, 6.45) is 2.81. The molecule has 3 aromatic rings. The molecule has 8 nitrogen and oxygen atoms in total. The van der Waals surface area contributed by atoms with Crippen LogP contribution in [-0.2, 0) is 25.9 Å². The number of aromatic nitrogens is 3. The molecular weight excluding hydrogens is 416 g/mol. The summed E-state index contributed by atoms with van der Waals surface area (Å²) in [5.74, 6) is 4.98. The molecule has 1 aliphatic rings. The second-order valence-electron chi connectivity index (χ2n) is 7.95. The normalized spacial score (nSPS) is 15.6. The van der Waals surface area contributed by atoms with Gasteiger partial charge in [-0.3, -0.25) is 0 Å². The largest absolute Gasteiger partial charge is 0.493 e. The molecule has 0 saturated carbocycles. The Labute approximate surface area is 195 Å². The van der Waals surface area contributed by atoms with Crippen molar-refractivity contribution in [3.05, 3.63) is 65.7 Å². The number of guanidine groups is 1. The van der Waals surface area contributed by atoms with E-state index in [0.717, 1.165) is 61.3 Å². The maximum absolute atomic E-state index is 5.96. The first-order valence-corrected chi connectivity index (χ1v) is 11.6. The third-order valence-corrected chi connectivity index (χ3v) is 5.54. The highest BCUT2D eigenvalue weighted by Crippen LogP contribution is 2.30. The molecule has 1 atom stereocenters. The van der Waals surface area contributed by atoms with Crippen molar-refractivity contribution >= 4 is 5.96 Å². The predicted octanol–water partition coefficient (Wildman–Crippen LogP) is 3.71. The first-order valence-electron chi connectivity index (χ1n) is 11.6. The van der Waals surface area contributed by atoms with Gasteiger partial charge in [0.1, 0.15) is 11.6 Å². The van der Waals surface area contributed by atoms with Gasteiger partial charge in [0, 0.05) is 25.4 Å². The average molecular weight is 449 g/mol. The Morgan fingerprint density at radius 2 is 1.91 bits per heavy atom. The molecule has 0 aliphatic carbocycles. The van der Waals surface area contributed by atoms with E-state index in [9.17, 15) is 0 Å². The molecule has 33 heavy (non-hydrogen) atoms. The molecule has 0 bridgehead atoms. The van der Waals surface area contributed by atoms with Crippen molar-refractivity contribution < 1.29 is 9.47 Å². The van der Waals surface area contributed by atoms with Gasteiger partial charge in [0.2, 0.25) is 0 Å². The number of methoxy groups -OCH3 is 1. The van der Waals surface area contributed by atoms with Crippen molar-refractivity contribution in [2.24, 2.45) is 4.99 Å². The highest BCUT2D eigenvalue weighted by Gasteiger charge is 2.22. The van der Waals surface area contributed by atoms with Crippen LogP contribution in [0.4, 0.5) is 0 Å². The zero-order valence-corrected chi connectivity index (χ0v) is 19.5. The molecular formula is C25H32N6O2. The van der Waals surface area contributed by atoms with Gasteiger partial charge in [-0.2, -0.15) is 5.10 Å². The summed E-state index contributed by atoms with van der Waals surface area (Å²) in [4.78, 5) is 9.38. The number of ether oxygens (including phenoxy) is 2. The van der Waals surface area contributed by atoms with Crippen LogP contribution in [0.25, 0.3) is 0 Å². The summed E-state index contributed by atoms with van der Waals surface area (Å²) in [6, 6.07) is 15.9. The number of hydrogen-bond donors (Lipinski definition) is 2. The number of hydrogen-bond acceptors (Lipinski definition) is 5. The maximum atomic E-state index is 5.96. The van der Waals surface area contributed by atoms with Crippen LogP contribution >= 0.6 is 0 Å². The highest BCUT2D eigenvalue weighted by molar-refractivity contribution is 5.80. The third-order valence-electron chi connectivity index (χ3n) is 5.54. The zero-order valence-electron chi connectivity index (χ0n) is 19.5. The van der Waals surface area contributed by atoms with Crippen molar-refractivity contribution in [1.29, 1.82) is 0 Å². The molecule has 0 radical (unpaired) electrons. The Balaban J connectivity index is 1.36. The van der Waals surface area contributed by atoms with E-state index < -0.39 is 0 Å². The molecule has 2 aromatic carbocycles. The van der Waals surface area contributed by atoms with E-state index in [4.69, 9.17) is 14.5 Å². The molecule has 0 saturated heterocycles. The summed E-state index contributed by atoms with van der Waals surface area (Å²) in [6.45, 7) is 6.35. The first kappa shape index (κ1) is 22.6. The number of aliphatic imine (C=N–C) groups is 1. The fourth-order valence-corrected chi connectivity index (χ4v) is 3.80. The summed E-state index contributed by atoms with van der Waals surface area (Å²) in [5, 5.41) is 11.5. The van der Waals surface area contributed by atoms with Gasteiger partial charge in [-0.1, -0.05) is 31.2 Å². The van der Waals surface area contributed by atoms with Crippen LogP contribution in [0, 0.1) is 0 Å². The SMILES string of the molecule is CCNC(=NCc1ccc(Oc2ccccc2OC)cc1)NC1CCc2nc(CC)nn2C1. The van der Waals surface area contributed by atoms with Crippen LogP contribution in [0.1, 0.15) is 37.5 Å². The zero-order chi connectivity index (χ0) is 23.0. The topological polar surface area (TPSA) is 85.6 Å². The van der Waals surface area contributed by atoms with E-state index >= 15 is 0 Å². The van der Waals surface area contributed by atoms with E-state index in [2.05, 4.69) is 34.6 Å². The molecule has 4 rings (SSSR count). The predicted molar refractivity (Wildman–Crippen MR) is 129 cm³/mol. The van der Waals surface area contributed by atoms with E-state index in [1.807, 2.05) is 53.2 Å². The van der Waals surface area contributed by atoms with Gasteiger partial charge in [0.05, 0.1) is 20.2 Å². The Kier molecular flexibility index (Phi) is 7.44. The number of nitrogens with one attached hydrogen (secondary N) is 2. The maximum Gasteiger partial charge on any atom is 0.191 e. The Hall–Kier alpha value is -3.55. The first-order chi connectivity index (χ1) is 16.2. The van der Waals surface area contributed by atoms with Gasteiger partial charge in [0.15, 0.2) is 23.3 Å². The van der Waals surface area contributed by atoms with Crippen molar-refractivity contribution in [1.82, 2.24) is 25.4 Å². The van der Waals surface area contributed by atoms with E-state index in [1.165, 1.54) is 0 Å². The Morgan fingerprint density at radius 3 is 2.64 bits per heavy atom. The van der Waals surface area contributed by atoms with Crippen LogP contribution in [0.3, 0.4) is 0 Å². The quantitative estimate of drug-likeness (QED) is 0.404. The minimum atomic E-state index is 0.276. The minimum absolute atomic E-state index is 0.276. The highest BCUT2D eigenvalue weighted by atomic mass is 16.5. The molecule has 2 N–H and O–H groups in total. The molecule has 2 heterocycles. The monoisotopic (exact) mass is 448 g/mol. The number of para-hydroxylation sites is 2. The van der Waals surface area contributed by atoms with Gasteiger partial charge in [0.25, 0.3) is 0 Å². The summed E-state index contributed by atoms with van der Waals surface area (Å²) in [7, 11) is 1.64. The number of benzene rings is 2. The van der Waals surface area contributed by atoms with Crippen LogP contribution < -0.4 is 20.1 Å². The number of aryl methyl sites for hydroxylation is 2. The van der Waals surface area contributed by atoms with Crippen LogP contribution in [0.5, 0.6) is 17.2 Å². The standard InChI is InChI=1S/C25H32N6O2/c1-4-23-29-24-15-12-19(17-31(24)30-23)28-25(26-5-2)27-16-18-10-13-20(14-11-18)33-22-9-7-6-8-21(22)32-3/h6-11,13-14,19H,4-5,12,15-17H2,1-3H3,(H2,26,27,28). The van der Waals surface area contributed by atoms with E-state index in [-0.39, 0.29) is 6.04 Å². The minimum Gasteiger partial charge on any atom is -0.493 e. The Morgan fingerprint density at radius 1 is 1.12 bits per heavy atom. The van der Waals surface area contributed by atoms with Crippen molar-refractivity contribution in [2.75, 3.05) is 13.7 Å². The number of fused-ring (bicyclic) bond motifs is 1.